The number of thiazole rings is 1. The highest BCUT2D eigenvalue weighted by molar-refractivity contribution is 7.11. The lowest BCUT2D eigenvalue weighted by atomic mass is 10.2. The Morgan fingerprint density at radius 1 is 1.44 bits per heavy atom. The molecule has 18 heavy (non-hydrogen) atoms. The Hall–Kier alpha value is -1.06. The molecule has 1 aromatic carbocycles. The molecule has 0 amide bonds. The van der Waals surface area contributed by atoms with Crippen LogP contribution < -0.4 is 5.32 Å². The summed E-state index contributed by atoms with van der Waals surface area (Å²) in [5, 5.41) is 5.41. The second kappa shape index (κ2) is 5.72. The smallest absolute Gasteiger partial charge is 0.0929 e. The van der Waals surface area contributed by atoms with E-state index in [1.807, 2.05) is 24.3 Å². The van der Waals surface area contributed by atoms with Crippen LogP contribution >= 0.6 is 22.9 Å². The number of anilines is 1. The number of hydrogen-bond acceptors (Lipinski definition) is 3. The molecule has 0 spiro atoms. The van der Waals surface area contributed by atoms with Gasteiger partial charge in [-0.25, -0.2) is 4.98 Å². The van der Waals surface area contributed by atoms with Crippen LogP contribution in [0.2, 0.25) is 5.02 Å². The first-order chi connectivity index (χ1) is 8.60. The Morgan fingerprint density at radius 2 is 2.22 bits per heavy atom. The summed E-state index contributed by atoms with van der Waals surface area (Å²) >= 11 is 7.77. The maximum absolute atomic E-state index is 5.98. The molecule has 1 aromatic heterocycles. The summed E-state index contributed by atoms with van der Waals surface area (Å²) in [5.74, 6) is 0. The first kappa shape index (κ1) is 13.4. The summed E-state index contributed by atoms with van der Waals surface area (Å²) in [5.41, 5.74) is 2.17. The number of rotatable bonds is 4. The van der Waals surface area contributed by atoms with Crippen molar-refractivity contribution < 1.29 is 0 Å². The first-order valence-corrected chi connectivity index (χ1v) is 7.28. The number of aryl methyl sites for hydroxylation is 2. The van der Waals surface area contributed by atoms with Crippen LogP contribution in [-0.2, 0) is 6.42 Å². The molecule has 2 aromatic rings. The fraction of sp³-hybridized carbons (Fsp3) is 0.357. The van der Waals surface area contributed by atoms with E-state index in [-0.39, 0.29) is 6.04 Å². The molecule has 0 fully saturated rings. The summed E-state index contributed by atoms with van der Waals surface area (Å²) in [6.45, 7) is 6.36. The Balaban J connectivity index is 2.16. The molecule has 0 aliphatic carbocycles. The molecule has 1 unspecified atom stereocenters. The van der Waals surface area contributed by atoms with E-state index in [1.54, 1.807) is 11.3 Å². The predicted octanol–water partition coefficient (Wildman–Crippen LogP) is 4.84. The number of halogens is 1. The van der Waals surface area contributed by atoms with Crippen LogP contribution in [0.25, 0.3) is 0 Å². The molecule has 96 valence electrons. The second-order valence-corrected chi connectivity index (χ2v) is 5.84. The Bertz CT molecular complexity index is 536. The molecule has 0 saturated heterocycles. The zero-order valence-corrected chi connectivity index (χ0v) is 12.4. The molecule has 0 aliphatic heterocycles. The lowest BCUT2D eigenvalue weighted by Gasteiger charge is -2.14. The van der Waals surface area contributed by atoms with Gasteiger partial charge in [-0.05, 0) is 38.5 Å². The van der Waals surface area contributed by atoms with Gasteiger partial charge in [0, 0.05) is 15.6 Å². The van der Waals surface area contributed by atoms with E-state index in [0.717, 1.165) is 22.8 Å². The third-order valence-electron chi connectivity index (χ3n) is 2.78. The van der Waals surface area contributed by atoms with E-state index < -0.39 is 0 Å². The van der Waals surface area contributed by atoms with Crippen molar-refractivity contribution in [2.45, 2.75) is 33.2 Å². The van der Waals surface area contributed by atoms with E-state index in [0.29, 0.717) is 0 Å². The lowest BCUT2D eigenvalue weighted by molar-refractivity contribution is 0.889. The molecule has 0 bridgehead atoms. The summed E-state index contributed by atoms with van der Waals surface area (Å²) < 4.78 is 0. The molecule has 1 heterocycles. The Labute approximate surface area is 117 Å². The topological polar surface area (TPSA) is 24.9 Å². The maximum atomic E-state index is 5.98. The van der Waals surface area contributed by atoms with Gasteiger partial charge in [-0.3, -0.25) is 0 Å². The van der Waals surface area contributed by atoms with Crippen molar-refractivity contribution in [1.29, 1.82) is 0 Å². The molecule has 1 atom stereocenters. The van der Waals surface area contributed by atoms with Crippen LogP contribution in [0, 0.1) is 6.92 Å². The fourth-order valence-corrected chi connectivity index (χ4v) is 3.11. The minimum Gasteiger partial charge on any atom is -0.378 e. The zero-order chi connectivity index (χ0) is 13.1. The zero-order valence-electron chi connectivity index (χ0n) is 10.8. The average Bonchev–Trinajstić information content (AvgIpc) is 2.70. The van der Waals surface area contributed by atoms with E-state index in [4.69, 9.17) is 11.6 Å². The average molecular weight is 281 g/mol. The molecule has 1 N–H and O–H groups in total. The Morgan fingerprint density at radius 3 is 2.83 bits per heavy atom. The number of benzene rings is 1. The van der Waals surface area contributed by atoms with Gasteiger partial charge in [0.15, 0.2) is 0 Å². The van der Waals surface area contributed by atoms with Crippen molar-refractivity contribution in [2.24, 2.45) is 0 Å². The van der Waals surface area contributed by atoms with Gasteiger partial charge in [0.25, 0.3) is 0 Å². The highest BCUT2D eigenvalue weighted by atomic mass is 35.5. The van der Waals surface area contributed by atoms with Crippen LogP contribution in [0.15, 0.2) is 24.3 Å². The van der Waals surface area contributed by atoms with Crippen LogP contribution in [-0.4, -0.2) is 4.98 Å². The molecule has 0 radical (unpaired) electrons. The van der Waals surface area contributed by atoms with Gasteiger partial charge in [-0.2, -0.15) is 0 Å². The maximum Gasteiger partial charge on any atom is 0.0929 e. The van der Waals surface area contributed by atoms with Crippen molar-refractivity contribution in [3.63, 3.8) is 0 Å². The highest BCUT2D eigenvalue weighted by Crippen LogP contribution is 2.28. The van der Waals surface area contributed by atoms with E-state index in [1.165, 1.54) is 9.88 Å². The summed E-state index contributed by atoms with van der Waals surface area (Å²) in [6, 6.07) is 8.05. The third-order valence-corrected chi connectivity index (χ3v) is 4.50. The lowest BCUT2D eigenvalue weighted by Crippen LogP contribution is -2.06. The van der Waals surface area contributed by atoms with Crippen LogP contribution in [0.3, 0.4) is 0 Å². The van der Waals surface area contributed by atoms with E-state index in [9.17, 15) is 0 Å². The summed E-state index contributed by atoms with van der Waals surface area (Å²) in [7, 11) is 0. The van der Waals surface area contributed by atoms with Crippen LogP contribution in [0.5, 0.6) is 0 Å². The Kier molecular flexibility index (Phi) is 4.25. The summed E-state index contributed by atoms with van der Waals surface area (Å²) in [6.07, 6.45) is 0.995. The molecule has 4 heteroatoms. The van der Waals surface area contributed by atoms with E-state index >= 15 is 0 Å². The summed E-state index contributed by atoms with van der Waals surface area (Å²) in [4.78, 5) is 5.86. The normalized spacial score (nSPS) is 12.4. The second-order valence-electron chi connectivity index (χ2n) is 4.29. The quantitative estimate of drug-likeness (QED) is 0.867. The molecule has 2 rings (SSSR count). The number of hydrogen-bond donors (Lipinski definition) is 1. The van der Waals surface area contributed by atoms with Gasteiger partial charge in [-0.15, -0.1) is 11.3 Å². The monoisotopic (exact) mass is 280 g/mol. The standard InChI is InChI=1S/C14H17ClN2S/c1-4-13-17-10(3)14(18-13)9(2)16-12-7-5-6-11(15)8-12/h5-9,16H,4H2,1-3H3. The van der Waals surface area contributed by atoms with Gasteiger partial charge in [0.05, 0.1) is 16.7 Å². The van der Waals surface area contributed by atoms with Gasteiger partial charge in [-0.1, -0.05) is 24.6 Å². The number of nitrogens with one attached hydrogen (secondary N) is 1. The molecule has 0 aliphatic rings. The van der Waals surface area contributed by atoms with Crippen molar-refractivity contribution in [3.05, 3.63) is 44.9 Å². The van der Waals surface area contributed by atoms with Crippen LogP contribution in [0.1, 0.15) is 35.5 Å². The molecule has 2 nitrogen and oxygen atoms in total. The molecular weight excluding hydrogens is 264 g/mol. The van der Waals surface area contributed by atoms with Gasteiger partial charge < -0.3 is 5.32 Å². The first-order valence-electron chi connectivity index (χ1n) is 6.08. The number of nitrogens with zero attached hydrogens (tertiary/aromatic N) is 1. The van der Waals surface area contributed by atoms with Crippen molar-refractivity contribution in [1.82, 2.24) is 4.98 Å². The minimum absolute atomic E-state index is 0.251. The van der Waals surface area contributed by atoms with Crippen molar-refractivity contribution in [2.75, 3.05) is 5.32 Å². The highest BCUT2D eigenvalue weighted by Gasteiger charge is 2.13. The van der Waals surface area contributed by atoms with Gasteiger partial charge in [0.2, 0.25) is 0 Å². The minimum atomic E-state index is 0.251. The van der Waals surface area contributed by atoms with Crippen molar-refractivity contribution >= 4 is 28.6 Å². The third kappa shape index (κ3) is 3.03. The van der Waals surface area contributed by atoms with Gasteiger partial charge in [0.1, 0.15) is 0 Å². The predicted molar refractivity (Wildman–Crippen MR) is 79.7 cm³/mol. The van der Waals surface area contributed by atoms with Crippen LogP contribution in [0.4, 0.5) is 5.69 Å². The van der Waals surface area contributed by atoms with Crippen molar-refractivity contribution in [3.8, 4) is 0 Å². The number of aromatic nitrogens is 1. The SMILES string of the molecule is CCc1nc(C)c(C(C)Nc2cccc(Cl)c2)s1. The molecule has 0 saturated carbocycles. The molecular formula is C14H17ClN2S. The largest absolute Gasteiger partial charge is 0.378 e. The van der Waals surface area contributed by atoms with Gasteiger partial charge >= 0.3 is 0 Å². The fourth-order valence-electron chi connectivity index (χ4n) is 1.91. The van der Waals surface area contributed by atoms with E-state index in [2.05, 4.69) is 31.1 Å².